The van der Waals surface area contributed by atoms with Crippen molar-refractivity contribution in [3.8, 4) is 0 Å². The lowest BCUT2D eigenvalue weighted by atomic mass is 10.0. The van der Waals surface area contributed by atoms with Crippen LogP contribution < -0.4 is 10.0 Å². The minimum absolute atomic E-state index is 0.132. The Bertz CT molecular complexity index is 1090. The molecule has 0 saturated heterocycles. The summed E-state index contributed by atoms with van der Waals surface area (Å²) in [4.78, 5) is 12.5. The van der Waals surface area contributed by atoms with Crippen LogP contribution in [-0.4, -0.2) is 20.4 Å². The van der Waals surface area contributed by atoms with Gasteiger partial charge in [0, 0.05) is 5.69 Å². The monoisotopic (exact) mass is 396 g/mol. The van der Waals surface area contributed by atoms with Gasteiger partial charge in [0.1, 0.15) is 0 Å². The topological polar surface area (TPSA) is 75.3 Å². The number of hydrogen-bond acceptors (Lipinski definition) is 3. The molecule has 0 saturated carbocycles. The Kier molecular flexibility index (Phi) is 5.82. The standard InChI is InChI=1S/C22H24N2O3S/c1-15(2)17-8-11-20(12-9-17)23-22(25)16(3)24-28(26,27)21-13-10-18-6-4-5-7-19(18)14-21/h4-16,24H,1-3H3,(H,23,25)/t16-/m0/s1. The first kappa shape index (κ1) is 20.0. The molecule has 5 nitrogen and oxygen atoms in total. The Morgan fingerprint density at radius 2 is 1.50 bits per heavy atom. The third-order valence-corrected chi connectivity index (χ3v) is 6.14. The normalized spacial score (nSPS) is 12.9. The van der Waals surface area contributed by atoms with E-state index < -0.39 is 22.0 Å². The van der Waals surface area contributed by atoms with Crippen LogP contribution in [0.3, 0.4) is 0 Å². The van der Waals surface area contributed by atoms with Crippen molar-refractivity contribution in [2.45, 2.75) is 37.6 Å². The Morgan fingerprint density at radius 3 is 2.14 bits per heavy atom. The highest BCUT2D eigenvalue weighted by atomic mass is 32.2. The molecule has 1 amide bonds. The van der Waals surface area contributed by atoms with Crippen LogP contribution in [0.1, 0.15) is 32.3 Å². The highest BCUT2D eigenvalue weighted by molar-refractivity contribution is 7.89. The molecule has 28 heavy (non-hydrogen) atoms. The summed E-state index contributed by atoms with van der Waals surface area (Å²) in [6, 6.07) is 19.0. The molecule has 0 aliphatic heterocycles. The molecule has 3 aromatic carbocycles. The average molecular weight is 397 g/mol. The molecule has 0 aliphatic carbocycles. The Morgan fingerprint density at radius 1 is 0.857 bits per heavy atom. The largest absolute Gasteiger partial charge is 0.325 e. The summed E-state index contributed by atoms with van der Waals surface area (Å²) in [6.07, 6.45) is 0. The molecule has 0 heterocycles. The number of fused-ring (bicyclic) bond motifs is 1. The zero-order chi connectivity index (χ0) is 20.3. The van der Waals surface area contributed by atoms with Gasteiger partial charge < -0.3 is 5.32 Å². The number of carbonyl (C=O) groups excluding carboxylic acids is 1. The summed E-state index contributed by atoms with van der Waals surface area (Å²) in [6.45, 7) is 5.71. The molecule has 146 valence electrons. The second-order valence-corrected chi connectivity index (χ2v) is 8.83. The highest BCUT2D eigenvalue weighted by Gasteiger charge is 2.22. The summed E-state index contributed by atoms with van der Waals surface area (Å²) in [5, 5.41) is 4.53. The second-order valence-electron chi connectivity index (χ2n) is 7.12. The number of nitrogens with one attached hydrogen (secondary N) is 2. The van der Waals surface area contributed by atoms with Crippen LogP contribution in [0.15, 0.2) is 71.6 Å². The first-order valence-corrected chi connectivity index (χ1v) is 10.7. The lowest BCUT2D eigenvalue weighted by Gasteiger charge is -2.15. The maximum absolute atomic E-state index is 12.7. The van der Waals surface area contributed by atoms with E-state index in [1.54, 1.807) is 18.2 Å². The Balaban J connectivity index is 1.70. The van der Waals surface area contributed by atoms with Crippen LogP contribution >= 0.6 is 0 Å². The smallest absolute Gasteiger partial charge is 0.242 e. The summed E-state index contributed by atoms with van der Waals surface area (Å²) < 4.78 is 27.8. The minimum atomic E-state index is -3.82. The Labute approximate surface area is 165 Å². The van der Waals surface area contributed by atoms with Gasteiger partial charge in [0.15, 0.2) is 0 Å². The van der Waals surface area contributed by atoms with Gasteiger partial charge in [-0.25, -0.2) is 8.42 Å². The zero-order valence-corrected chi connectivity index (χ0v) is 17.0. The van der Waals surface area contributed by atoms with Gasteiger partial charge in [0.05, 0.1) is 10.9 Å². The third kappa shape index (κ3) is 4.58. The number of carbonyl (C=O) groups is 1. The molecular formula is C22H24N2O3S. The van der Waals surface area contributed by atoms with Gasteiger partial charge in [-0.3, -0.25) is 4.79 Å². The van der Waals surface area contributed by atoms with Crippen molar-refractivity contribution >= 4 is 32.4 Å². The minimum Gasteiger partial charge on any atom is -0.325 e. The van der Waals surface area contributed by atoms with E-state index in [2.05, 4.69) is 23.9 Å². The number of rotatable bonds is 6. The maximum Gasteiger partial charge on any atom is 0.242 e. The van der Waals surface area contributed by atoms with Crippen LogP contribution in [-0.2, 0) is 14.8 Å². The molecule has 0 bridgehead atoms. The van der Waals surface area contributed by atoms with E-state index in [-0.39, 0.29) is 4.90 Å². The summed E-state index contributed by atoms with van der Waals surface area (Å²) in [7, 11) is -3.82. The van der Waals surface area contributed by atoms with Crippen molar-refractivity contribution < 1.29 is 13.2 Å². The van der Waals surface area contributed by atoms with Crippen LogP contribution in [0.5, 0.6) is 0 Å². The van der Waals surface area contributed by atoms with Gasteiger partial charge in [0.2, 0.25) is 15.9 Å². The van der Waals surface area contributed by atoms with Crippen molar-refractivity contribution in [3.63, 3.8) is 0 Å². The number of amides is 1. The lowest BCUT2D eigenvalue weighted by molar-refractivity contribution is -0.117. The maximum atomic E-state index is 12.7. The summed E-state index contributed by atoms with van der Waals surface area (Å²) in [5.41, 5.74) is 1.80. The third-order valence-electron chi connectivity index (χ3n) is 4.60. The van der Waals surface area contributed by atoms with Gasteiger partial charge >= 0.3 is 0 Å². The number of anilines is 1. The van der Waals surface area contributed by atoms with Crippen LogP contribution in [0, 0.1) is 0 Å². The van der Waals surface area contributed by atoms with Gasteiger partial charge in [-0.15, -0.1) is 0 Å². The fourth-order valence-corrected chi connectivity index (χ4v) is 4.13. The lowest BCUT2D eigenvalue weighted by Crippen LogP contribution is -2.41. The van der Waals surface area contributed by atoms with E-state index in [4.69, 9.17) is 0 Å². The van der Waals surface area contributed by atoms with Gasteiger partial charge in [-0.05, 0) is 53.4 Å². The van der Waals surface area contributed by atoms with E-state index in [1.807, 2.05) is 48.5 Å². The fraction of sp³-hybridized carbons (Fsp3) is 0.227. The highest BCUT2D eigenvalue weighted by Crippen LogP contribution is 2.20. The van der Waals surface area contributed by atoms with E-state index in [0.29, 0.717) is 11.6 Å². The molecule has 0 fully saturated rings. The molecule has 0 unspecified atom stereocenters. The van der Waals surface area contributed by atoms with Gasteiger partial charge in [-0.1, -0.05) is 56.3 Å². The van der Waals surface area contributed by atoms with Crippen molar-refractivity contribution in [2.24, 2.45) is 0 Å². The first-order chi connectivity index (χ1) is 13.3. The molecule has 0 aromatic heterocycles. The number of sulfonamides is 1. The number of hydrogen-bond donors (Lipinski definition) is 2. The predicted molar refractivity (Wildman–Crippen MR) is 113 cm³/mol. The summed E-state index contributed by atoms with van der Waals surface area (Å²) in [5.74, 6) is -0.0147. The molecule has 0 aliphatic rings. The van der Waals surface area contributed by atoms with E-state index in [9.17, 15) is 13.2 Å². The van der Waals surface area contributed by atoms with Crippen molar-refractivity contribution in [3.05, 3.63) is 72.3 Å². The van der Waals surface area contributed by atoms with Crippen molar-refractivity contribution in [1.29, 1.82) is 0 Å². The second kappa shape index (κ2) is 8.12. The Hall–Kier alpha value is -2.70. The quantitative estimate of drug-likeness (QED) is 0.653. The molecule has 2 N–H and O–H groups in total. The SMILES string of the molecule is CC(C)c1ccc(NC(=O)[C@H](C)NS(=O)(=O)c2ccc3ccccc3c2)cc1. The van der Waals surface area contributed by atoms with Crippen LogP contribution in [0.25, 0.3) is 10.8 Å². The van der Waals surface area contributed by atoms with E-state index in [1.165, 1.54) is 12.5 Å². The average Bonchev–Trinajstić information content (AvgIpc) is 2.67. The van der Waals surface area contributed by atoms with E-state index in [0.717, 1.165) is 10.8 Å². The van der Waals surface area contributed by atoms with Crippen LogP contribution in [0.2, 0.25) is 0 Å². The molecule has 1 atom stereocenters. The molecule has 0 radical (unpaired) electrons. The molecular weight excluding hydrogens is 372 g/mol. The number of benzene rings is 3. The van der Waals surface area contributed by atoms with Crippen molar-refractivity contribution in [1.82, 2.24) is 4.72 Å². The molecule has 3 rings (SSSR count). The molecule has 3 aromatic rings. The summed E-state index contributed by atoms with van der Waals surface area (Å²) >= 11 is 0. The zero-order valence-electron chi connectivity index (χ0n) is 16.1. The van der Waals surface area contributed by atoms with Crippen LogP contribution in [0.4, 0.5) is 5.69 Å². The van der Waals surface area contributed by atoms with Crippen molar-refractivity contribution in [2.75, 3.05) is 5.32 Å². The fourth-order valence-electron chi connectivity index (χ4n) is 2.89. The van der Waals surface area contributed by atoms with E-state index >= 15 is 0 Å². The predicted octanol–water partition coefficient (Wildman–Crippen LogP) is 4.27. The van der Waals surface area contributed by atoms with Gasteiger partial charge in [0.25, 0.3) is 0 Å². The molecule has 0 spiro atoms. The van der Waals surface area contributed by atoms with Gasteiger partial charge in [-0.2, -0.15) is 4.72 Å². The molecule has 6 heteroatoms. The first-order valence-electron chi connectivity index (χ1n) is 9.18.